The summed E-state index contributed by atoms with van der Waals surface area (Å²) >= 11 is 0. The molecule has 1 amide bonds. The average molecular weight is 534 g/mol. The second-order valence-electron chi connectivity index (χ2n) is 9.95. The number of carboxylic acids is 1. The molecular weight excluding hydrogens is 505 g/mol. The van der Waals surface area contributed by atoms with E-state index in [9.17, 15) is 14.7 Å². The van der Waals surface area contributed by atoms with Crippen LogP contribution >= 0.6 is 0 Å². The molecule has 1 aliphatic heterocycles. The molecule has 0 aromatic heterocycles. The van der Waals surface area contributed by atoms with Crippen LogP contribution in [0.15, 0.2) is 84.9 Å². The van der Waals surface area contributed by atoms with Crippen molar-refractivity contribution in [3.8, 4) is 17.2 Å². The number of hydrogen-bond acceptors (Lipinski definition) is 4. The van der Waals surface area contributed by atoms with E-state index in [0.717, 1.165) is 36.2 Å². The van der Waals surface area contributed by atoms with Crippen molar-refractivity contribution in [2.24, 2.45) is 0 Å². The number of carboxylic acid groups (broad SMARTS) is 1. The molecule has 0 radical (unpaired) electrons. The monoisotopic (exact) mass is 533 g/mol. The molecule has 0 saturated heterocycles. The SMILES string of the molecule is CC(NC(=O)c1ccc2c(c1)CCCN2Cc1ccc(-c2ccccc2C(=O)O)cc1F)c1ccc(C#N)cc1. The molecule has 0 spiro atoms. The number of hydrogen-bond donors (Lipinski definition) is 2. The van der Waals surface area contributed by atoms with Gasteiger partial charge in [-0.15, -0.1) is 0 Å². The minimum atomic E-state index is -1.05. The number of fused-ring (bicyclic) bond motifs is 1. The van der Waals surface area contributed by atoms with Crippen molar-refractivity contribution in [2.75, 3.05) is 11.4 Å². The van der Waals surface area contributed by atoms with Crippen molar-refractivity contribution < 1.29 is 19.1 Å². The van der Waals surface area contributed by atoms with E-state index in [1.807, 2.05) is 31.2 Å². The predicted molar refractivity (Wildman–Crippen MR) is 152 cm³/mol. The number of halogens is 1. The van der Waals surface area contributed by atoms with E-state index in [4.69, 9.17) is 5.26 Å². The number of amides is 1. The first-order chi connectivity index (χ1) is 19.3. The second-order valence-corrected chi connectivity index (χ2v) is 9.95. The van der Waals surface area contributed by atoms with Crippen LogP contribution in [-0.4, -0.2) is 23.5 Å². The summed E-state index contributed by atoms with van der Waals surface area (Å²) in [6.45, 7) is 3.03. The summed E-state index contributed by atoms with van der Waals surface area (Å²) in [5.41, 5.74) is 5.70. The Bertz CT molecular complexity index is 1630. The quantitative estimate of drug-likeness (QED) is 0.283. The molecule has 6 nitrogen and oxygen atoms in total. The van der Waals surface area contributed by atoms with Gasteiger partial charge >= 0.3 is 5.97 Å². The van der Waals surface area contributed by atoms with Crippen molar-refractivity contribution in [1.29, 1.82) is 5.26 Å². The van der Waals surface area contributed by atoms with Gasteiger partial charge in [0.2, 0.25) is 0 Å². The Labute approximate surface area is 232 Å². The van der Waals surface area contributed by atoms with Crippen LogP contribution in [0.25, 0.3) is 11.1 Å². The van der Waals surface area contributed by atoms with Crippen molar-refractivity contribution in [2.45, 2.75) is 32.4 Å². The van der Waals surface area contributed by atoms with Gasteiger partial charge in [-0.3, -0.25) is 4.79 Å². The van der Waals surface area contributed by atoms with Gasteiger partial charge in [0.15, 0.2) is 0 Å². The zero-order chi connectivity index (χ0) is 28.2. The van der Waals surface area contributed by atoms with Crippen LogP contribution in [0.2, 0.25) is 0 Å². The lowest BCUT2D eigenvalue weighted by Crippen LogP contribution is -2.30. The average Bonchev–Trinajstić information content (AvgIpc) is 2.98. The van der Waals surface area contributed by atoms with Crippen LogP contribution in [0, 0.1) is 17.1 Å². The molecule has 4 aromatic rings. The van der Waals surface area contributed by atoms with Crippen LogP contribution in [0.1, 0.15) is 62.4 Å². The summed E-state index contributed by atoms with van der Waals surface area (Å²) in [6, 6.07) is 26.1. The van der Waals surface area contributed by atoms with Crippen molar-refractivity contribution >= 4 is 17.6 Å². The number of carbonyl (C=O) groups is 2. The topological polar surface area (TPSA) is 93.4 Å². The lowest BCUT2D eigenvalue weighted by atomic mass is 9.96. The van der Waals surface area contributed by atoms with Gasteiger partial charge in [0.25, 0.3) is 5.91 Å². The molecule has 0 saturated carbocycles. The summed E-state index contributed by atoms with van der Waals surface area (Å²) in [4.78, 5) is 26.7. The number of nitriles is 1. The van der Waals surface area contributed by atoms with E-state index < -0.39 is 11.8 Å². The van der Waals surface area contributed by atoms with E-state index in [0.29, 0.717) is 34.4 Å². The first-order valence-electron chi connectivity index (χ1n) is 13.1. The summed E-state index contributed by atoms with van der Waals surface area (Å²) in [7, 11) is 0. The highest BCUT2D eigenvalue weighted by Gasteiger charge is 2.21. The molecule has 1 heterocycles. The Kier molecular flexibility index (Phi) is 7.61. The fourth-order valence-electron chi connectivity index (χ4n) is 5.16. The fourth-order valence-corrected chi connectivity index (χ4v) is 5.16. The number of carbonyl (C=O) groups excluding carboxylic acids is 1. The molecule has 40 heavy (non-hydrogen) atoms. The zero-order valence-corrected chi connectivity index (χ0v) is 22.0. The minimum Gasteiger partial charge on any atom is -0.478 e. The van der Waals surface area contributed by atoms with E-state index in [-0.39, 0.29) is 17.5 Å². The highest BCUT2D eigenvalue weighted by molar-refractivity contribution is 5.96. The van der Waals surface area contributed by atoms with Crippen molar-refractivity contribution in [1.82, 2.24) is 5.32 Å². The number of aryl methyl sites for hydroxylation is 1. The largest absolute Gasteiger partial charge is 0.478 e. The lowest BCUT2D eigenvalue weighted by molar-refractivity contribution is 0.0697. The van der Waals surface area contributed by atoms with Crippen LogP contribution in [0.5, 0.6) is 0 Å². The molecule has 0 bridgehead atoms. The van der Waals surface area contributed by atoms with Gasteiger partial charge in [0.1, 0.15) is 5.82 Å². The van der Waals surface area contributed by atoms with Crippen LogP contribution < -0.4 is 10.2 Å². The number of rotatable bonds is 7. The highest BCUT2D eigenvalue weighted by atomic mass is 19.1. The van der Waals surface area contributed by atoms with Crippen LogP contribution in [-0.2, 0) is 13.0 Å². The first kappa shape index (κ1) is 26.6. The summed E-state index contributed by atoms with van der Waals surface area (Å²) < 4.78 is 15.2. The Morgan fingerprint density at radius 1 is 1.05 bits per heavy atom. The summed E-state index contributed by atoms with van der Waals surface area (Å²) in [5, 5.41) is 21.5. The molecule has 0 fully saturated rings. The lowest BCUT2D eigenvalue weighted by Gasteiger charge is -2.32. The minimum absolute atomic E-state index is 0.130. The van der Waals surface area contributed by atoms with Gasteiger partial charge in [-0.25, -0.2) is 9.18 Å². The fraction of sp³-hybridized carbons (Fsp3) is 0.182. The van der Waals surface area contributed by atoms with Crippen molar-refractivity contribution in [3.63, 3.8) is 0 Å². The number of anilines is 1. The van der Waals surface area contributed by atoms with Crippen LogP contribution in [0.3, 0.4) is 0 Å². The predicted octanol–water partition coefficient (Wildman–Crippen LogP) is 6.51. The normalized spacial score (nSPS) is 13.2. The number of nitrogens with one attached hydrogen (secondary N) is 1. The smallest absolute Gasteiger partial charge is 0.336 e. The Hall–Kier alpha value is -4.96. The molecule has 1 unspecified atom stereocenters. The molecule has 1 atom stereocenters. The molecule has 2 N–H and O–H groups in total. The van der Waals surface area contributed by atoms with E-state index in [2.05, 4.69) is 16.3 Å². The molecular formula is C33H28FN3O3. The highest BCUT2D eigenvalue weighted by Crippen LogP contribution is 2.31. The van der Waals surface area contributed by atoms with Gasteiger partial charge in [-0.05, 0) is 84.5 Å². The molecule has 1 aliphatic rings. The molecule has 0 aliphatic carbocycles. The summed E-state index contributed by atoms with van der Waals surface area (Å²) in [6.07, 6.45) is 1.71. The molecule has 200 valence electrons. The maximum atomic E-state index is 15.2. The third-order valence-electron chi connectivity index (χ3n) is 7.33. The summed E-state index contributed by atoms with van der Waals surface area (Å²) in [5.74, 6) is -1.63. The van der Waals surface area contributed by atoms with E-state index in [1.165, 1.54) is 12.1 Å². The van der Waals surface area contributed by atoms with Crippen LogP contribution in [0.4, 0.5) is 10.1 Å². The van der Waals surface area contributed by atoms with Gasteiger partial charge in [0, 0.05) is 29.9 Å². The van der Waals surface area contributed by atoms with E-state index in [1.54, 1.807) is 48.5 Å². The first-order valence-corrected chi connectivity index (χ1v) is 13.1. The number of nitrogens with zero attached hydrogens (tertiary/aromatic N) is 2. The molecule has 7 heteroatoms. The number of aromatic carboxylic acids is 1. The maximum absolute atomic E-state index is 15.2. The van der Waals surface area contributed by atoms with Gasteiger partial charge in [0.05, 0.1) is 23.2 Å². The van der Waals surface area contributed by atoms with Gasteiger partial charge < -0.3 is 15.3 Å². The third kappa shape index (κ3) is 5.57. The Balaban J connectivity index is 1.31. The number of benzene rings is 4. The standard InChI is InChI=1S/C33H28FN3O3/c1-21(23-10-8-22(19-35)9-11-23)36-32(38)26-14-15-31-25(17-26)5-4-16-37(31)20-27-13-12-24(18-30(27)34)28-6-2-3-7-29(28)33(39)40/h2-3,6-15,17-18,21H,4-5,16,20H2,1H3,(H,36,38)(H,39,40). The molecule has 5 rings (SSSR count). The van der Waals surface area contributed by atoms with Gasteiger partial charge in [-0.2, -0.15) is 5.26 Å². The molecule has 4 aromatic carbocycles. The second kappa shape index (κ2) is 11.4. The Morgan fingerprint density at radius 3 is 2.55 bits per heavy atom. The van der Waals surface area contributed by atoms with E-state index >= 15 is 4.39 Å². The Morgan fingerprint density at radius 2 is 1.82 bits per heavy atom. The van der Waals surface area contributed by atoms with Gasteiger partial charge in [-0.1, -0.05) is 42.5 Å². The zero-order valence-electron chi connectivity index (χ0n) is 22.0. The van der Waals surface area contributed by atoms with Crippen molar-refractivity contribution in [3.05, 3.63) is 124 Å². The maximum Gasteiger partial charge on any atom is 0.336 e. The third-order valence-corrected chi connectivity index (χ3v) is 7.33.